The molecule has 0 spiro atoms. The molecule has 0 radical (unpaired) electrons. The van der Waals surface area contributed by atoms with Gasteiger partial charge in [-0.1, -0.05) is 37.6 Å². The van der Waals surface area contributed by atoms with Crippen LogP contribution in [0, 0.1) is 0 Å². The lowest BCUT2D eigenvalue weighted by molar-refractivity contribution is -0.116. The van der Waals surface area contributed by atoms with Gasteiger partial charge in [-0.2, -0.15) is 0 Å². The van der Waals surface area contributed by atoms with E-state index in [2.05, 4.69) is 10.6 Å². The summed E-state index contributed by atoms with van der Waals surface area (Å²) in [6.45, 7) is 2.79. The number of fused-ring (bicyclic) bond motifs is 1. The quantitative estimate of drug-likeness (QED) is 0.493. The van der Waals surface area contributed by atoms with Gasteiger partial charge in [0.05, 0.1) is 22.4 Å². The van der Waals surface area contributed by atoms with E-state index in [4.69, 9.17) is 0 Å². The van der Waals surface area contributed by atoms with Crippen LogP contribution in [-0.4, -0.2) is 41.6 Å². The minimum absolute atomic E-state index is 0.124. The number of benzene rings is 2. The molecule has 30 heavy (non-hydrogen) atoms. The number of nitrogens with one attached hydrogen (secondary N) is 2. The fourth-order valence-corrected chi connectivity index (χ4v) is 3.32. The van der Waals surface area contributed by atoms with Crippen LogP contribution in [0.3, 0.4) is 0 Å². The summed E-state index contributed by atoms with van der Waals surface area (Å²) in [6, 6.07) is 13.5. The number of para-hydroxylation sites is 1. The maximum absolute atomic E-state index is 12.4. The fourth-order valence-electron chi connectivity index (χ4n) is 3.32. The van der Waals surface area contributed by atoms with Crippen LogP contribution >= 0.6 is 0 Å². The van der Waals surface area contributed by atoms with Crippen molar-refractivity contribution in [1.82, 2.24) is 10.2 Å². The van der Waals surface area contributed by atoms with Crippen LogP contribution in [0.4, 0.5) is 5.69 Å². The highest BCUT2D eigenvalue weighted by molar-refractivity contribution is 6.21. The smallest absolute Gasteiger partial charge is 0.261 e. The number of imide groups is 1. The lowest BCUT2D eigenvalue weighted by Crippen LogP contribution is -2.31. The largest absolute Gasteiger partial charge is 0.352 e. The Morgan fingerprint density at radius 2 is 1.53 bits per heavy atom. The Balaban J connectivity index is 1.53. The van der Waals surface area contributed by atoms with Gasteiger partial charge in [-0.3, -0.25) is 24.1 Å². The Bertz CT molecular complexity index is 935. The van der Waals surface area contributed by atoms with Crippen LogP contribution in [-0.2, 0) is 4.79 Å². The molecule has 0 bridgehead atoms. The van der Waals surface area contributed by atoms with E-state index in [0.29, 0.717) is 35.3 Å². The van der Waals surface area contributed by atoms with Gasteiger partial charge in [-0.25, -0.2) is 0 Å². The normalized spacial score (nSPS) is 12.6. The summed E-state index contributed by atoms with van der Waals surface area (Å²) in [5.74, 6) is -1.17. The molecular weight excluding hydrogens is 382 g/mol. The van der Waals surface area contributed by atoms with E-state index in [9.17, 15) is 19.2 Å². The van der Waals surface area contributed by atoms with Crippen LogP contribution in [0.2, 0.25) is 0 Å². The average Bonchev–Trinajstić information content (AvgIpc) is 2.99. The van der Waals surface area contributed by atoms with Crippen molar-refractivity contribution in [3.63, 3.8) is 0 Å². The van der Waals surface area contributed by atoms with E-state index in [0.717, 1.165) is 12.8 Å². The Hall–Kier alpha value is -3.48. The number of hydrogen-bond acceptors (Lipinski definition) is 4. The molecular formula is C23H25N3O4. The Morgan fingerprint density at radius 1 is 0.900 bits per heavy atom. The minimum atomic E-state index is -0.329. The average molecular weight is 407 g/mol. The first kappa shape index (κ1) is 21.2. The summed E-state index contributed by atoms with van der Waals surface area (Å²) in [7, 11) is 0. The number of rotatable bonds is 9. The molecule has 1 aliphatic heterocycles. The fraction of sp³-hybridized carbons (Fsp3) is 0.304. The van der Waals surface area contributed by atoms with E-state index in [-0.39, 0.29) is 36.6 Å². The van der Waals surface area contributed by atoms with Crippen LogP contribution < -0.4 is 10.6 Å². The highest BCUT2D eigenvalue weighted by atomic mass is 16.2. The van der Waals surface area contributed by atoms with Crippen LogP contribution in [0.5, 0.6) is 0 Å². The second-order valence-electron chi connectivity index (χ2n) is 7.11. The molecule has 0 aromatic heterocycles. The highest BCUT2D eigenvalue weighted by Crippen LogP contribution is 2.23. The van der Waals surface area contributed by atoms with E-state index in [1.165, 1.54) is 4.90 Å². The zero-order valence-corrected chi connectivity index (χ0v) is 16.9. The van der Waals surface area contributed by atoms with Crippen molar-refractivity contribution in [3.05, 3.63) is 65.2 Å². The molecule has 0 aliphatic carbocycles. The van der Waals surface area contributed by atoms with Gasteiger partial charge in [0, 0.05) is 19.5 Å². The van der Waals surface area contributed by atoms with Crippen molar-refractivity contribution >= 4 is 29.3 Å². The molecule has 2 aromatic carbocycles. The number of anilines is 1. The second kappa shape index (κ2) is 9.82. The molecule has 1 heterocycles. The molecule has 1 aliphatic rings. The monoisotopic (exact) mass is 407 g/mol. The van der Waals surface area contributed by atoms with Crippen molar-refractivity contribution < 1.29 is 19.2 Å². The standard InChI is InChI=1S/C23H25N3O4/c1-2-3-14-24-21(28)18-11-6-7-12-19(18)25-20(27)13-8-15-26-22(29)16-9-4-5-10-17(16)23(26)30/h4-7,9-12H,2-3,8,13-15H2,1H3,(H,24,28)(H,25,27). The minimum Gasteiger partial charge on any atom is -0.352 e. The number of carbonyl (C=O) groups is 4. The number of nitrogens with zero attached hydrogens (tertiary/aromatic N) is 1. The van der Waals surface area contributed by atoms with Gasteiger partial charge in [0.2, 0.25) is 5.91 Å². The number of hydrogen-bond donors (Lipinski definition) is 2. The van der Waals surface area contributed by atoms with Gasteiger partial charge >= 0.3 is 0 Å². The third kappa shape index (κ3) is 4.74. The highest BCUT2D eigenvalue weighted by Gasteiger charge is 2.34. The Kier molecular flexibility index (Phi) is 6.95. The van der Waals surface area contributed by atoms with Crippen molar-refractivity contribution in [2.75, 3.05) is 18.4 Å². The van der Waals surface area contributed by atoms with Crippen molar-refractivity contribution in [3.8, 4) is 0 Å². The Labute approximate surface area is 175 Å². The summed E-state index contributed by atoms with van der Waals surface area (Å²) in [4.78, 5) is 50.6. The molecule has 7 nitrogen and oxygen atoms in total. The van der Waals surface area contributed by atoms with E-state index in [1.54, 1.807) is 48.5 Å². The molecule has 0 unspecified atom stereocenters. The van der Waals surface area contributed by atoms with Crippen LogP contribution in [0.15, 0.2) is 48.5 Å². The maximum atomic E-state index is 12.4. The summed E-state index contributed by atoms with van der Waals surface area (Å²) >= 11 is 0. The molecule has 156 valence electrons. The van der Waals surface area contributed by atoms with Gasteiger partial charge in [-0.05, 0) is 37.1 Å². The number of amides is 4. The molecule has 4 amide bonds. The van der Waals surface area contributed by atoms with Crippen molar-refractivity contribution in [2.24, 2.45) is 0 Å². The van der Waals surface area contributed by atoms with Crippen LogP contribution in [0.1, 0.15) is 63.7 Å². The Morgan fingerprint density at radius 3 is 2.20 bits per heavy atom. The van der Waals surface area contributed by atoms with Gasteiger partial charge in [-0.15, -0.1) is 0 Å². The molecule has 2 aromatic rings. The summed E-state index contributed by atoms with van der Waals surface area (Å²) < 4.78 is 0. The molecule has 0 saturated heterocycles. The second-order valence-corrected chi connectivity index (χ2v) is 7.11. The molecule has 0 fully saturated rings. The zero-order chi connectivity index (χ0) is 21.5. The number of unbranched alkanes of at least 4 members (excludes halogenated alkanes) is 1. The summed E-state index contributed by atoms with van der Waals surface area (Å²) in [6.07, 6.45) is 2.32. The predicted molar refractivity (Wildman–Crippen MR) is 113 cm³/mol. The zero-order valence-electron chi connectivity index (χ0n) is 16.9. The summed E-state index contributed by atoms with van der Waals surface area (Å²) in [5, 5.41) is 5.60. The van der Waals surface area contributed by atoms with Crippen LogP contribution in [0.25, 0.3) is 0 Å². The molecule has 3 rings (SSSR count). The van der Waals surface area contributed by atoms with E-state index in [1.807, 2.05) is 6.92 Å². The molecule has 0 atom stereocenters. The third-order valence-electron chi connectivity index (χ3n) is 4.93. The third-order valence-corrected chi connectivity index (χ3v) is 4.93. The molecule has 7 heteroatoms. The summed E-state index contributed by atoms with van der Waals surface area (Å²) in [5.41, 5.74) is 1.64. The molecule has 2 N–H and O–H groups in total. The van der Waals surface area contributed by atoms with E-state index < -0.39 is 0 Å². The van der Waals surface area contributed by atoms with E-state index >= 15 is 0 Å². The lowest BCUT2D eigenvalue weighted by atomic mass is 10.1. The SMILES string of the molecule is CCCCNC(=O)c1ccccc1NC(=O)CCCN1C(=O)c2ccccc2C1=O. The number of carbonyl (C=O) groups excluding carboxylic acids is 4. The lowest BCUT2D eigenvalue weighted by Gasteiger charge is -2.14. The first-order valence-electron chi connectivity index (χ1n) is 10.1. The van der Waals surface area contributed by atoms with Gasteiger partial charge < -0.3 is 10.6 Å². The topological polar surface area (TPSA) is 95.6 Å². The van der Waals surface area contributed by atoms with Crippen molar-refractivity contribution in [1.29, 1.82) is 0 Å². The predicted octanol–water partition coefficient (Wildman–Crippen LogP) is 3.23. The van der Waals surface area contributed by atoms with Gasteiger partial charge in [0.15, 0.2) is 0 Å². The molecule has 0 saturated carbocycles. The van der Waals surface area contributed by atoms with Gasteiger partial charge in [0.1, 0.15) is 0 Å². The first-order valence-corrected chi connectivity index (χ1v) is 10.1. The maximum Gasteiger partial charge on any atom is 0.261 e. The first-order chi connectivity index (χ1) is 14.5. The van der Waals surface area contributed by atoms with Crippen molar-refractivity contribution in [2.45, 2.75) is 32.6 Å². The van der Waals surface area contributed by atoms with Gasteiger partial charge in [0.25, 0.3) is 17.7 Å².